The van der Waals surface area contributed by atoms with Crippen molar-refractivity contribution in [2.75, 3.05) is 24.5 Å². The predicted molar refractivity (Wildman–Crippen MR) is 104 cm³/mol. The van der Waals surface area contributed by atoms with Crippen molar-refractivity contribution < 1.29 is 4.79 Å². The van der Waals surface area contributed by atoms with Crippen molar-refractivity contribution in [1.29, 1.82) is 0 Å². The molecule has 0 aliphatic heterocycles. The Labute approximate surface area is 153 Å². The molecule has 1 amide bonds. The Kier molecular flexibility index (Phi) is 12.2. The fourth-order valence-corrected chi connectivity index (χ4v) is 2.05. The molecule has 1 rings (SSSR count). The molecule has 0 saturated carbocycles. The van der Waals surface area contributed by atoms with Gasteiger partial charge in [-0.25, -0.2) is 0 Å². The Hall–Kier alpha value is -0.970. The van der Waals surface area contributed by atoms with Crippen LogP contribution in [0.15, 0.2) is 24.3 Å². The SMILES string of the molecule is CCCCN(CC)c1ccc(C(=O)NCC(C)(C)N)cc1.Cl.Cl. The first-order valence-corrected chi connectivity index (χ1v) is 7.79. The van der Waals surface area contributed by atoms with E-state index in [4.69, 9.17) is 5.73 Å². The highest BCUT2D eigenvalue weighted by Gasteiger charge is 2.13. The Morgan fingerprint density at radius 1 is 1.17 bits per heavy atom. The number of nitrogens with zero attached hydrogens (tertiary/aromatic N) is 1. The lowest BCUT2D eigenvalue weighted by Gasteiger charge is -2.23. The molecule has 0 saturated heterocycles. The first-order chi connectivity index (χ1) is 9.87. The Balaban J connectivity index is 0. The van der Waals surface area contributed by atoms with Gasteiger partial charge < -0.3 is 16.0 Å². The van der Waals surface area contributed by atoms with E-state index >= 15 is 0 Å². The van der Waals surface area contributed by atoms with Crippen LogP contribution in [0.2, 0.25) is 0 Å². The summed E-state index contributed by atoms with van der Waals surface area (Å²) in [5, 5.41) is 2.86. The predicted octanol–water partition coefficient (Wildman–Crippen LogP) is 3.62. The molecule has 6 heteroatoms. The zero-order valence-corrected chi connectivity index (χ0v) is 16.2. The minimum absolute atomic E-state index is 0. The van der Waals surface area contributed by atoms with E-state index in [9.17, 15) is 4.79 Å². The van der Waals surface area contributed by atoms with Crippen LogP contribution in [0.4, 0.5) is 5.69 Å². The van der Waals surface area contributed by atoms with Gasteiger partial charge in [0.25, 0.3) is 5.91 Å². The number of rotatable bonds is 8. The number of hydrogen-bond donors (Lipinski definition) is 2. The standard InChI is InChI=1S/C17H29N3O.2ClH/c1-5-7-12-20(6-2)15-10-8-14(9-11-15)16(21)19-13-17(3,4)18;;/h8-11H,5-7,12-13,18H2,1-4H3,(H,19,21);2*1H. The topological polar surface area (TPSA) is 58.4 Å². The summed E-state index contributed by atoms with van der Waals surface area (Å²) in [7, 11) is 0. The number of carbonyl (C=O) groups excluding carboxylic acids is 1. The van der Waals surface area contributed by atoms with Crippen LogP contribution in [0.1, 0.15) is 50.9 Å². The summed E-state index contributed by atoms with van der Waals surface area (Å²) in [6, 6.07) is 7.79. The number of anilines is 1. The molecule has 0 atom stereocenters. The molecule has 134 valence electrons. The number of hydrogen-bond acceptors (Lipinski definition) is 3. The summed E-state index contributed by atoms with van der Waals surface area (Å²) in [6.07, 6.45) is 2.37. The number of halogens is 2. The third kappa shape index (κ3) is 9.04. The third-order valence-electron chi connectivity index (χ3n) is 3.36. The molecule has 4 nitrogen and oxygen atoms in total. The highest BCUT2D eigenvalue weighted by molar-refractivity contribution is 5.94. The average molecular weight is 364 g/mol. The Morgan fingerprint density at radius 2 is 1.74 bits per heavy atom. The van der Waals surface area contributed by atoms with Crippen molar-refractivity contribution in [3.63, 3.8) is 0 Å². The monoisotopic (exact) mass is 363 g/mol. The van der Waals surface area contributed by atoms with Gasteiger partial charge in [0.1, 0.15) is 0 Å². The summed E-state index contributed by atoms with van der Waals surface area (Å²) in [5.41, 5.74) is 7.32. The second-order valence-electron chi connectivity index (χ2n) is 6.15. The molecule has 0 fully saturated rings. The number of amides is 1. The van der Waals surface area contributed by atoms with Crippen molar-refractivity contribution in [2.45, 2.75) is 46.1 Å². The maximum Gasteiger partial charge on any atom is 0.251 e. The van der Waals surface area contributed by atoms with E-state index in [2.05, 4.69) is 24.1 Å². The van der Waals surface area contributed by atoms with Crippen LogP contribution >= 0.6 is 24.8 Å². The van der Waals surface area contributed by atoms with Crippen LogP contribution < -0.4 is 16.0 Å². The minimum atomic E-state index is -0.394. The van der Waals surface area contributed by atoms with E-state index in [-0.39, 0.29) is 30.7 Å². The lowest BCUT2D eigenvalue weighted by molar-refractivity contribution is 0.0946. The molecule has 1 aromatic rings. The first kappa shape index (κ1) is 24.3. The lowest BCUT2D eigenvalue weighted by atomic mass is 10.1. The van der Waals surface area contributed by atoms with Gasteiger partial charge in [0, 0.05) is 36.4 Å². The quantitative estimate of drug-likeness (QED) is 0.741. The van der Waals surface area contributed by atoms with Crippen molar-refractivity contribution in [3.8, 4) is 0 Å². The van der Waals surface area contributed by atoms with E-state index in [1.54, 1.807) is 0 Å². The van der Waals surface area contributed by atoms with E-state index in [1.807, 2.05) is 38.1 Å². The number of nitrogens with one attached hydrogen (secondary N) is 1. The highest BCUT2D eigenvalue weighted by atomic mass is 35.5. The van der Waals surface area contributed by atoms with Crippen LogP contribution in [0, 0.1) is 0 Å². The summed E-state index contributed by atoms with van der Waals surface area (Å²) < 4.78 is 0. The summed E-state index contributed by atoms with van der Waals surface area (Å²) in [4.78, 5) is 14.4. The van der Waals surface area contributed by atoms with E-state index < -0.39 is 5.54 Å². The number of carbonyl (C=O) groups is 1. The highest BCUT2D eigenvalue weighted by Crippen LogP contribution is 2.16. The zero-order chi connectivity index (χ0) is 15.9. The Morgan fingerprint density at radius 3 is 2.17 bits per heavy atom. The molecule has 1 aromatic carbocycles. The summed E-state index contributed by atoms with van der Waals surface area (Å²) >= 11 is 0. The van der Waals surface area contributed by atoms with Crippen molar-refractivity contribution >= 4 is 36.4 Å². The van der Waals surface area contributed by atoms with Gasteiger partial charge in [-0.2, -0.15) is 0 Å². The van der Waals surface area contributed by atoms with Gasteiger partial charge in [-0.3, -0.25) is 4.79 Å². The molecule has 23 heavy (non-hydrogen) atoms. The van der Waals surface area contributed by atoms with Crippen LogP contribution in [-0.4, -0.2) is 31.1 Å². The van der Waals surface area contributed by atoms with Gasteiger partial charge in [-0.05, 0) is 51.5 Å². The molecule has 0 aliphatic rings. The van der Waals surface area contributed by atoms with Crippen molar-refractivity contribution in [1.82, 2.24) is 5.32 Å². The summed E-state index contributed by atoms with van der Waals surface area (Å²) in [5.74, 6) is -0.0725. The number of nitrogens with two attached hydrogens (primary N) is 1. The molecular weight excluding hydrogens is 333 g/mol. The average Bonchev–Trinajstić information content (AvgIpc) is 2.45. The van der Waals surface area contributed by atoms with Gasteiger partial charge >= 0.3 is 0 Å². The Bertz CT molecular complexity index is 444. The molecule has 0 aliphatic carbocycles. The second kappa shape index (κ2) is 11.5. The van der Waals surface area contributed by atoms with Crippen LogP contribution in [0.3, 0.4) is 0 Å². The molecule has 0 unspecified atom stereocenters. The first-order valence-electron chi connectivity index (χ1n) is 7.79. The second-order valence-corrected chi connectivity index (χ2v) is 6.15. The summed E-state index contributed by atoms with van der Waals surface area (Å²) in [6.45, 7) is 10.6. The zero-order valence-electron chi connectivity index (χ0n) is 14.6. The van der Waals surface area contributed by atoms with Crippen LogP contribution in [0.5, 0.6) is 0 Å². The van der Waals surface area contributed by atoms with Gasteiger partial charge in [-0.1, -0.05) is 13.3 Å². The van der Waals surface area contributed by atoms with E-state index in [0.29, 0.717) is 12.1 Å². The van der Waals surface area contributed by atoms with Crippen LogP contribution in [-0.2, 0) is 0 Å². The maximum absolute atomic E-state index is 12.0. The van der Waals surface area contributed by atoms with Crippen molar-refractivity contribution in [2.24, 2.45) is 5.73 Å². The van der Waals surface area contributed by atoms with Gasteiger partial charge in [0.2, 0.25) is 0 Å². The fourth-order valence-electron chi connectivity index (χ4n) is 2.05. The molecular formula is C17H31Cl2N3O. The molecule has 0 radical (unpaired) electrons. The van der Waals surface area contributed by atoms with Crippen LogP contribution in [0.25, 0.3) is 0 Å². The lowest BCUT2D eigenvalue weighted by Crippen LogP contribution is -2.45. The normalized spacial score (nSPS) is 10.3. The molecule has 3 N–H and O–H groups in total. The van der Waals surface area contributed by atoms with E-state index in [0.717, 1.165) is 13.1 Å². The molecule has 0 heterocycles. The van der Waals surface area contributed by atoms with Crippen molar-refractivity contribution in [3.05, 3.63) is 29.8 Å². The minimum Gasteiger partial charge on any atom is -0.372 e. The van der Waals surface area contributed by atoms with E-state index in [1.165, 1.54) is 18.5 Å². The third-order valence-corrected chi connectivity index (χ3v) is 3.36. The molecule has 0 spiro atoms. The van der Waals surface area contributed by atoms with Gasteiger partial charge in [0.05, 0.1) is 0 Å². The molecule has 0 aromatic heterocycles. The number of benzene rings is 1. The van der Waals surface area contributed by atoms with Gasteiger partial charge in [-0.15, -0.1) is 24.8 Å². The van der Waals surface area contributed by atoms with Gasteiger partial charge in [0.15, 0.2) is 0 Å². The number of unbranched alkanes of at least 4 members (excludes halogenated alkanes) is 1. The largest absolute Gasteiger partial charge is 0.372 e. The maximum atomic E-state index is 12.0. The fraction of sp³-hybridized carbons (Fsp3) is 0.588. The smallest absolute Gasteiger partial charge is 0.251 e. The molecule has 0 bridgehead atoms.